The van der Waals surface area contributed by atoms with Gasteiger partial charge in [0.1, 0.15) is 0 Å². The van der Waals surface area contributed by atoms with Crippen molar-refractivity contribution in [3.8, 4) is 11.1 Å². The van der Waals surface area contributed by atoms with Gasteiger partial charge in [-0.3, -0.25) is 0 Å². The van der Waals surface area contributed by atoms with E-state index < -0.39 is 5.97 Å². The molecule has 0 aliphatic carbocycles. The summed E-state index contributed by atoms with van der Waals surface area (Å²) >= 11 is 3.47. The van der Waals surface area contributed by atoms with E-state index in [9.17, 15) is 4.79 Å². The van der Waals surface area contributed by atoms with Crippen LogP contribution in [0.2, 0.25) is 0 Å². The normalized spacial score (nSPS) is 15.5. The van der Waals surface area contributed by atoms with Crippen molar-refractivity contribution >= 4 is 33.9 Å². The lowest BCUT2D eigenvalue weighted by molar-refractivity contribution is -0.130. The average Bonchev–Trinajstić information content (AvgIpc) is 3.09. The monoisotopic (exact) mass is 429 g/mol. The van der Waals surface area contributed by atoms with E-state index in [-0.39, 0.29) is 5.70 Å². The zero-order valence-corrected chi connectivity index (χ0v) is 16.5. The first kappa shape index (κ1) is 18.1. The van der Waals surface area contributed by atoms with E-state index in [1.54, 1.807) is 6.08 Å². The second kappa shape index (κ2) is 8.19. The van der Waals surface area contributed by atoms with Gasteiger partial charge in [-0.1, -0.05) is 88.7 Å². The van der Waals surface area contributed by atoms with Crippen molar-refractivity contribution in [2.75, 3.05) is 0 Å². The predicted octanol–water partition coefficient (Wildman–Crippen LogP) is 5.98. The molecule has 0 amide bonds. The smallest absolute Gasteiger partial charge is 0.363 e. The standard InChI is InChI=1S/C24H16BrNO2/c25-21(15-17-7-3-1-4-8-17)16-22-24(27)28-23(26-22)20-13-11-19(12-14-20)18-9-5-2-6-10-18/h1-16H. The van der Waals surface area contributed by atoms with Gasteiger partial charge in [0.2, 0.25) is 5.90 Å². The Balaban J connectivity index is 1.56. The van der Waals surface area contributed by atoms with Crippen LogP contribution < -0.4 is 0 Å². The van der Waals surface area contributed by atoms with Crippen LogP contribution in [0.15, 0.2) is 106 Å². The quantitative estimate of drug-likeness (QED) is 0.378. The minimum Gasteiger partial charge on any atom is -0.402 e. The molecule has 1 aliphatic rings. The largest absolute Gasteiger partial charge is 0.402 e. The average molecular weight is 430 g/mol. The Bertz CT molecular complexity index is 1080. The molecule has 0 bridgehead atoms. The summed E-state index contributed by atoms with van der Waals surface area (Å²) in [5, 5.41) is 0. The number of benzene rings is 3. The van der Waals surface area contributed by atoms with Gasteiger partial charge in [-0.15, -0.1) is 0 Å². The molecule has 0 aromatic heterocycles. The van der Waals surface area contributed by atoms with Crippen LogP contribution in [0.5, 0.6) is 0 Å². The fourth-order valence-corrected chi connectivity index (χ4v) is 3.33. The first-order valence-electron chi connectivity index (χ1n) is 8.80. The fourth-order valence-electron chi connectivity index (χ4n) is 2.85. The molecule has 0 unspecified atom stereocenters. The van der Waals surface area contributed by atoms with Gasteiger partial charge in [-0.25, -0.2) is 9.79 Å². The molecule has 3 aromatic carbocycles. The Hall–Kier alpha value is -3.24. The summed E-state index contributed by atoms with van der Waals surface area (Å²) in [4.78, 5) is 16.5. The van der Waals surface area contributed by atoms with Crippen LogP contribution in [0.1, 0.15) is 11.1 Å². The van der Waals surface area contributed by atoms with E-state index in [1.807, 2.05) is 78.9 Å². The van der Waals surface area contributed by atoms with Crippen LogP contribution in [0, 0.1) is 0 Å². The van der Waals surface area contributed by atoms with Crippen LogP contribution in [-0.4, -0.2) is 11.9 Å². The number of aliphatic imine (C=N–C) groups is 1. The molecule has 0 saturated carbocycles. The van der Waals surface area contributed by atoms with Crippen molar-refractivity contribution in [3.63, 3.8) is 0 Å². The summed E-state index contributed by atoms with van der Waals surface area (Å²) < 4.78 is 6.10. The molecule has 3 nitrogen and oxygen atoms in total. The highest BCUT2D eigenvalue weighted by Gasteiger charge is 2.24. The van der Waals surface area contributed by atoms with Crippen molar-refractivity contribution < 1.29 is 9.53 Å². The van der Waals surface area contributed by atoms with Gasteiger partial charge < -0.3 is 4.74 Å². The molecule has 0 N–H and O–H groups in total. The van der Waals surface area contributed by atoms with E-state index in [2.05, 4.69) is 33.1 Å². The number of rotatable bonds is 4. The summed E-state index contributed by atoms with van der Waals surface area (Å²) in [5.74, 6) is -0.142. The topological polar surface area (TPSA) is 38.7 Å². The summed E-state index contributed by atoms with van der Waals surface area (Å²) in [7, 11) is 0. The highest BCUT2D eigenvalue weighted by molar-refractivity contribution is 9.12. The van der Waals surface area contributed by atoms with Crippen molar-refractivity contribution in [3.05, 3.63) is 112 Å². The molecule has 0 spiro atoms. The number of ether oxygens (including phenoxy) is 1. The summed E-state index contributed by atoms with van der Waals surface area (Å²) in [6.45, 7) is 0. The van der Waals surface area contributed by atoms with Gasteiger partial charge >= 0.3 is 5.97 Å². The number of carbonyl (C=O) groups excluding carboxylic acids is 1. The number of halogens is 1. The van der Waals surface area contributed by atoms with Gasteiger partial charge in [0.05, 0.1) is 0 Å². The number of cyclic esters (lactones) is 1. The van der Waals surface area contributed by atoms with Crippen molar-refractivity contribution in [1.29, 1.82) is 0 Å². The predicted molar refractivity (Wildman–Crippen MR) is 116 cm³/mol. The van der Waals surface area contributed by atoms with Crippen molar-refractivity contribution in [2.45, 2.75) is 0 Å². The third-order valence-electron chi connectivity index (χ3n) is 4.24. The Morgan fingerprint density at radius 1 is 0.786 bits per heavy atom. The molecule has 136 valence electrons. The Morgan fingerprint density at radius 3 is 2.04 bits per heavy atom. The third-order valence-corrected chi connectivity index (χ3v) is 4.70. The zero-order valence-electron chi connectivity index (χ0n) is 14.9. The van der Waals surface area contributed by atoms with Gasteiger partial charge in [-0.05, 0) is 41.0 Å². The molecule has 4 rings (SSSR count). The Kier molecular flexibility index (Phi) is 5.31. The van der Waals surface area contributed by atoms with E-state index in [0.717, 1.165) is 26.7 Å². The highest BCUT2D eigenvalue weighted by Crippen LogP contribution is 2.24. The van der Waals surface area contributed by atoms with Crippen LogP contribution in [0.25, 0.3) is 17.2 Å². The zero-order chi connectivity index (χ0) is 19.3. The summed E-state index contributed by atoms with van der Waals surface area (Å²) in [6.07, 6.45) is 3.59. The molecule has 1 aliphatic heterocycles. The number of esters is 1. The minimum atomic E-state index is -0.458. The van der Waals surface area contributed by atoms with E-state index in [4.69, 9.17) is 4.74 Å². The Morgan fingerprint density at radius 2 is 1.36 bits per heavy atom. The maximum absolute atomic E-state index is 12.2. The molecular weight excluding hydrogens is 414 g/mol. The SMILES string of the molecule is O=C1OC(c2ccc(-c3ccccc3)cc2)=NC1=CC(Br)=Cc1ccccc1. The lowest BCUT2D eigenvalue weighted by Gasteiger charge is -2.03. The van der Waals surface area contributed by atoms with Gasteiger partial charge in [0.25, 0.3) is 0 Å². The first-order valence-corrected chi connectivity index (χ1v) is 9.59. The molecule has 0 fully saturated rings. The van der Waals surface area contributed by atoms with Gasteiger partial charge in [0, 0.05) is 10.0 Å². The number of carbonyl (C=O) groups is 1. The van der Waals surface area contributed by atoms with Crippen LogP contribution >= 0.6 is 15.9 Å². The molecular formula is C24H16BrNO2. The Labute approximate surface area is 171 Å². The molecule has 0 saturated heterocycles. The molecule has 28 heavy (non-hydrogen) atoms. The number of hydrogen-bond acceptors (Lipinski definition) is 3. The highest BCUT2D eigenvalue weighted by atomic mass is 79.9. The van der Waals surface area contributed by atoms with Crippen LogP contribution in [0.3, 0.4) is 0 Å². The number of allylic oxidation sites excluding steroid dienone is 2. The van der Waals surface area contributed by atoms with Crippen LogP contribution in [0.4, 0.5) is 0 Å². The van der Waals surface area contributed by atoms with Gasteiger partial charge in [-0.2, -0.15) is 0 Å². The number of nitrogens with zero attached hydrogens (tertiary/aromatic N) is 1. The second-order valence-electron chi connectivity index (χ2n) is 6.22. The molecule has 3 aromatic rings. The first-order chi connectivity index (χ1) is 13.7. The number of hydrogen-bond donors (Lipinski definition) is 0. The third kappa shape index (κ3) is 4.18. The maximum atomic E-state index is 12.2. The van der Waals surface area contributed by atoms with E-state index in [0.29, 0.717) is 5.90 Å². The fraction of sp³-hybridized carbons (Fsp3) is 0. The van der Waals surface area contributed by atoms with Gasteiger partial charge in [0.15, 0.2) is 5.70 Å². The van der Waals surface area contributed by atoms with E-state index >= 15 is 0 Å². The van der Waals surface area contributed by atoms with E-state index in [1.165, 1.54) is 0 Å². The molecule has 1 heterocycles. The molecule has 0 atom stereocenters. The minimum absolute atomic E-state index is 0.265. The summed E-state index contributed by atoms with van der Waals surface area (Å²) in [5.41, 5.74) is 4.28. The molecule has 0 radical (unpaired) electrons. The summed E-state index contributed by atoms with van der Waals surface area (Å²) in [6, 6.07) is 27.7. The van der Waals surface area contributed by atoms with Crippen molar-refractivity contribution in [1.82, 2.24) is 0 Å². The maximum Gasteiger partial charge on any atom is 0.363 e. The lowest BCUT2D eigenvalue weighted by atomic mass is 10.0. The molecule has 4 heteroatoms. The van der Waals surface area contributed by atoms with Crippen molar-refractivity contribution in [2.24, 2.45) is 4.99 Å². The second-order valence-corrected chi connectivity index (χ2v) is 7.14. The lowest BCUT2D eigenvalue weighted by Crippen LogP contribution is -2.05. The van der Waals surface area contributed by atoms with Crippen LogP contribution in [-0.2, 0) is 9.53 Å².